The molecule has 0 bridgehead atoms. The molecule has 2 aromatic rings. The number of aromatic nitrogens is 3. The van der Waals surface area contributed by atoms with Gasteiger partial charge < -0.3 is 10.2 Å². The molecule has 0 aliphatic carbocycles. The third-order valence-corrected chi connectivity index (χ3v) is 3.59. The van der Waals surface area contributed by atoms with Gasteiger partial charge in [-0.05, 0) is 24.5 Å². The van der Waals surface area contributed by atoms with Crippen LogP contribution in [0.2, 0.25) is 0 Å². The summed E-state index contributed by atoms with van der Waals surface area (Å²) in [5.74, 6) is -0.632. The Labute approximate surface area is 131 Å². The summed E-state index contributed by atoms with van der Waals surface area (Å²) in [6, 6.07) is 5.18. The minimum atomic E-state index is -4.57. The van der Waals surface area contributed by atoms with Gasteiger partial charge in [0.15, 0.2) is 0 Å². The summed E-state index contributed by atoms with van der Waals surface area (Å²) in [6.07, 6.45) is 0.649. The lowest BCUT2D eigenvalue weighted by Crippen LogP contribution is -2.22. The molecule has 0 aromatic carbocycles. The predicted molar refractivity (Wildman–Crippen MR) is 80.0 cm³/mol. The second-order valence-corrected chi connectivity index (χ2v) is 5.34. The fraction of sp³-hybridized carbons (Fsp3) is 0.400. The smallest absolute Gasteiger partial charge is 0.366 e. The Balaban J connectivity index is 1.84. The number of pyridine rings is 1. The number of nitrogens with one attached hydrogen (secondary N) is 1. The molecule has 8 heteroatoms. The molecule has 0 unspecified atom stereocenters. The molecule has 3 heterocycles. The maximum Gasteiger partial charge on any atom is 0.451 e. The van der Waals surface area contributed by atoms with Crippen LogP contribution >= 0.6 is 0 Å². The van der Waals surface area contributed by atoms with Crippen LogP contribution in [-0.2, 0) is 12.7 Å². The number of hydrogen-bond donors (Lipinski definition) is 1. The highest BCUT2D eigenvalue weighted by atomic mass is 19.4. The van der Waals surface area contributed by atoms with E-state index in [0.29, 0.717) is 12.4 Å². The van der Waals surface area contributed by atoms with E-state index in [1.165, 1.54) is 0 Å². The summed E-state index contributed by atoms with van der Waals surface area (Å²) in [4.78, 5) is 13.1. The molecule has 0 saturated carbocycles. The molecule has 1 N–H and O–H groups in total. The Bertz CT molecular complexity index is 654. The molecule has 1 fully saturated rings. The van der Waals surface area contributed by atoms with Gasteiger partial charge >= 0.3 is 6.18 Å². The highest BCUT2D eigenvalue weighted by Crippen LogP contribution is 2.30. The zero-order chi connectivity index (χ0) is 16.3. The van der Waals surface area contributed by atoms with Crippen molar-refractivity contribution in [3.8, 4) is 0 Å². The Morgan fingerprint density at radius 1 is 1.17 bits per heavy atom. The Morgan fingerprint density at radius 3 is 2.61 bits per heavy atom. The molecule has 3 rings (SSSR count). The summed E-state index contributed by atoms with van der Waals surface area (Å²) >= 11 is 0. The number of alkyl halides is 3. The highest BCUT2D eigenvalue weighted by molar-refractivity contribution is 5.50. The average Bonchev–Trinajstić information content (AvgIpc) is 3.07. The van der Waals surface area contributed by atoms with E-state index in [-0.39, 0.29) is 5.82 Å². The Hall–Kier alpha value is -2.38. The summed E-state index contributed by atoms with van der Waals surface area (Å²) in [5.41, 5.74) is 0.863. The van der Waals surface area contributed by atoms with Gasteiger partial charge in [-0.3, -0.25) is 4.98 Å². The van der Waals surface area contributed by atoms with Crippen molar-refractivity contribution in [2.45, 2.75) is 25.6 Å². The van der Waals surface area contributed by atoms with E-state index in [9.17, 15) is 13.2 Å². The number of rotatable bonds is 4. The van der Waals surface area contributed by atoms with Gasteiger partial charge in [0.05, 0.1) is 0 Å². The van der Waals surface area contributed by atoms with Crippen LogP contribution in [0.4, 0.5) is 24.8 Å². The fourth-order valence-corrected chi connectivity index (χ4v) is 2.46. The predicted octanol–water partition coefficient (Wildman–Crippen LogP) is 3.10. The Morgan fingerprint density at radius 2 is 1.96 bits per heavy atom. The summed E-state index contributed by atoms with van der Waals surface area (Å²) in [6.45, 7) is 1.79. The fourth-order valence-electron chi connectivity index (χ4n) is 2.46. The lowest BCUT2D eigenvalue weighted by Gasteiger charge is -2.19. The van der Waals surface area contributed by atoms with E-state index in [1.807, 2.05) is 11.0 Å². The zero-order valence-electron chi connectivity index (χ0n) is 12.3. The second-order valence-electron chi connectivity index (χ2n) is 5.34. The van der Waals surface area contributed by atoms with Gasteiger partial charge in [-0.25, -0.2) is 9.97 Å². The standard InChI is InChI=1S/C15H16F3N5/c16-15(17,18)14-21-12(20-10-11-4-3-5-19-9-11)8-13(22-14)23-6-1-2-7-23/h3-5,8-9H,1-2,6-7,10H2,(H,20,21,22). The summed E-state index contributed by atoms with van der Waals surface area (Å²) < 4.78 is 39.1. The van der Waals surface area contributed by atoms with Crippen LogP contribution in [0.5, 0.6) is 0 Å². The van der Waals surface area contributed by atoms with Crippen molar-refractivity contribution in [2.24, 2.45) is 0 Å². The molecule has 23 heavy (non-hydrogen) atoms. The summed E-state index contributed by atoms with van der Waals surface area (Å²) in [5, 5.41) is 2.92. The number of anilines is 2. The maximum absolute atomic E-state index is 13.0. The number of nitrogens with zero attached hydrogens (tertiary/aromatic N) is 4. The SMILES string of the molecule is FC(F)(F)c1nc(NCc2cccnc2)cc(N2CCCC2)n1. The van der Waals surface area contributed by atoms with E-state index in [0.717, 1.165) is 31.5 Å². The number of hydrogen-bond acceptors (Lipinski definition) is 5. The molecule has 0 spiro atoms. The first-order chi connectivity index (χ1) is 11.0. The first kappa shape index (κ1) is 15.5. The second kappa shape index (κ2) is 6.39. The van der Waals surface area contributed by atoms with E-state index >= 15 is 0 Å². The normalized spacial score (nSPS) is 15.0. The van der Waals surface area contributed by atoms with Crippen LogP contribution in [0.15, 0.2) is 30.6 Å². The molecule has 0 radical (unpaired) electrons. The van der Waals surface area contributed by atoms with Crippen molar-refractivity contribution in [3.05, 3.63) is 42.0 Å². The maximum atomic E-state index is 13.0. The van der Waals surface area contributed by atoms with Crippen LogP contribution in [0, 0.1) is 0 Å². The van der Waals surface area contributed by atoms with Crippen molar-refractivity contribution >= 4 is 11.6 Å². The first-order valence-corrected chi connectivity index (χ1v) is 7.36. The van der Waals surface area contributed by atoms with Crippen LogP contribution in [0.3, 0.4) is 0 Å². The van der Waals surface area contributed by atoms with Gasteiger partial charge in [0, 0.05) is 38.1 Å². The summed E-state index contributed by atoms with van der Waals surface area (Å²) in [7, 11) is 0. The van der Waals surface area contributed by atoms with E-state index < -0.39 is 12.0 Å². The van der Waals surface area contributed by atoms with Crippen molar-refractivity contribution in [1.29, 1.82) is 0 Å². The molecule has 1 saturated heterocycles. The molecule has 1 aliphatic rings. The average molecular weight is 323 g/mol. The minimum Gasteiger partial charge on any atom is -0.366 e. The van der Waals surface area contributed by atoms with Crippen molar-refractivity contribution in [3.63, 3.8) is 0 Å². The van der Waals surface area contributed by atoms with Crippen LogP contribution in [0.25, 0.3) is 0 Å². The van der Waals surface area contributed by atoms with Crippen LogP contribution in [0.1, 0.15) is 24.2 Å². The lowest BCUT2D eigenvalue weighted by molar-refractivity contribution is -0.144. The van der Waals surface area contributed by atoms with E-state index in [2.05, 4.69) is 20.3 Å². The molecular formula is C15H16F3N5. The van der Waals surface area contributed by atoms with Gasteiger partial charge in [0.2, 0.25) is 5.82 Å². The van der Waals surface area contributed by atoms with Gasteiger partial charge in [-0.1, -0.05) is 6.07 Å². The third-order valence-electron chi connectivity index (χ3n) is 3.59. The van der Waals surface area contributed by atoms with Gasteiger partial charge in [-0.15, -0.1) is 0 Å². The van der Waals surface area contributed by atoms with Gasteiger partial charge in [-0.2, -0.15) is 13.2 Å². The topological polar surface area (TPSA) is 53.9 Å². The zero-order valence-corrected chi connectivity index (χ0v) is 12.3. The van der Waals surface area contributed by atoms with Gasteiger partial charge in [0.25, 0.3) is 0 Å². The lowest BCUT2D eigenvalue weighted by atomic mass is 10.3. The third kappa shape index (κ3) is 3.88. The van der Waals surface area contributed by atoms with E-state index in [1.54, 1.807) is 24.5 Å². The van der Waals surface area contributed by atoms with E-state index in [4.69, 9.17) is 0 Å². The highest BCUT2D eigenvalue weighted by Gasteiger charge is 2.36. The Kier molecular flexibility index (Phi) is 4.31. The first-order valence-electron chi connectivity index (χ1n) is 7.36. The number of halogens is 3. The van der Waals surface area contributed by atoms with Crippen molar-refractivity contribution < 1.29 is 13.2 Å². The molecule has 2 aromatic heterocycles. The quantitative estimate of drug-likeness (QED) is 0.937. The largest absolute Gasteiger partial charge is 0.451 e. The minimum absolute atomic E-state index is 0.165. The van der Waals surface area contributed by atoms with Crippen molar-refractivity contribution in [2.75, 3.05) is 23.3 Å². The molecule has 5 nitrogen and oxygen atoms in total. The van der Waals surface area contributed by atoms with Crippen LogP contribution < -0.4 is 10.2 Å². The van der Waals surface area contributed by atoms with Crippen molar-refractivity contribution in [1.82, 2.24) is 15.0 Å². The monoisotopic (exact) mass is 323 g/mol. The van der Waals surface area contributed by atoms with Crippen LogP contribution in [-0.4, -0.2) is 28.0 Å². The van der Waals surface area contributed by atoms with Gasteiger partial charge in [0.1, 0.15) is 11.6 Å². The molecule has 122 valence electrons. The molecule has 0 atom stereocenters. The molecule has 0 amide bonds. The molecule has 1 aliphatic heterocycles. The molecular weight excluding hydrogens is 307 g/mol.